The van der Waals surface area contributed by atoms with Gasteiger partial charge in [0.1, 0.15) is 17.4 Å². The smallest absolute Gasteiger partial charge is 0.254 e. The molecule has 170 valence electrons. The first-order chi connectivity index (χ1) is 15.5. The molecule has 0 atom stereocenters. The Morgan fingerprint density at radius 2 is 1.88 bits per heavy atom. The average Bonchev–Trinajstić information content (AvgIpc) is 3.24. The van der Waals surface area contributed by atoms with Crippen LogP contribution in [-0.2, 0) is 17.9 Å². The van der Waals surface area contributed by atoms with E-state index < -0.39 is 0 Å². The lowest BCUT2D eigenvalue weighted by Crippen LogP contribution is -2.32. The highest BCUT2D eigenvalue weighted by Gasteiger charge is 2.19. The SMILES string of the molecule is COCCCN(Cc1csc(COc2ccccc2C(C)C)n1)C(=O)c1ccccc1C. The fraction of sp³-hybridized carbons (Fsp3) is 0.385. The molecule has 1 heterocycles. The van der Waals surface area contributed by atoms with Crippen LogP contribution in [0.2, 0.25) is 0 Å². The first-order valence-corrected chi connectivity index (χ1v) is 11.9. The fourth-order valence-corrected chi connectivity index (χ4v) is 4.24. The third-order valence-corrected chi connectivity index (χ3v) is 6.15. The molecule has 0 aliphatic heterocycles. The summed E-state index contributed by atoms with van der Waals surface area (Å²) in [5, 5.41) is 2.92. The molecule has 5 nitrogen and oxygen atoms in total. The lowest BCUT2D eigenvalue weighted by molar-refractivity contribution is 0.0721. The number of thiazole rings is 1. The first kappa shape index (κ1) is 24.0. The second kappa shape index (κ2) is 11.8. The fourth-order valence-electron chi connectivity index (χ4n) is 3.55. The Bertz CT molecular complexity index is 1020. The van der Waals surface area contributed by atoms with Gasteiger partial charge in [0.15, 0.2) is 0 Å². The van der Waals surface area contributed by atoms with Crippen molar-refractivity contribution in [1.29, 1.82) is 0 Å². The number of ether oxygens (including phenoxy) is 2. The van der Waals surface area contributed by atoms with E-state index in [2.05, 4.69) is 19.9 Å². The summed E-state index contributed by atoms with van der Waals surface area (Å²) in [6, 6.07) is 15.8. The Hall–Kier alpha value is -2.70. The number of carbonyl (C=O) groups excluding carboxylic acids is 1. The molecule has 0 radical (unpaired) electrons. The normalized spacial score (nSPS) is 11.0. The molecule has 0 saturated heterocycles. The highest BCUT2D eigenvalue weighted by Crippen LogP contribution is 2.27. The predicted octanol–water partition coefficient (Wildman–Crippen LogP) is 5.83. The zero-order valence-electron chi connectivity index (χ0n) is 19.3. The maximum absolute atomic E-state index is 13.2. The number of nitrogens with zero attached hydrogens (tertiary/aromatic N) is 2. The van der Waals surface area contributed by atoms with Gasteiger partial charge in [0.2, 0.25) is 0 Å². The number of aromatic nitrogens is 1. The number of aryl methyl sites for hydroxylation is 1. The largest absolute Gasteiger partial charge is 0.486 e. The molecule has 1 amide bonds. The minimum atomic E-state index is 0.0239. The molecule has 0 bridgehead atoms. The third kappa shape index (κ3) is 6.40. The zero-order chi connectivity index (χ0) is 22.9. The number of hydrogen-bond donors (Lipinski definition) is 0. The number of hydrogen-bond acceptors (Lipinski definition) is 5. The van der Waals surface area contributed by atoms with Gasteiger partial charge in [0, 0.05) is 31.2 Å². The molecule has 1 aromatic heterocycles. The van der Waals surface area contributed by atoms with Crippen molar-refractivity contribution in [1.82, 2.24) is 9.88 Å². The van der Waals surface area contributed by atoms with Crippen LogP contribution in [0.1, 0.15) is 58.4 Å². The number of benzene rings is 2. The van der Waals surface area contributed by atoms with Gasteiger partial charge >= 0.3 is 0 Å². The summed E-state index contributed by atoms with van der Waals surface area (Å²) >= 11 is 1.57. The van der Waals surface area contributed by atoms with Crippen LogP contribution in [-0.4, -0.2) is 36.1 Å². The topological polar surface area (TPSA) is 51.7 Å². The van der Waals surface area contributed by atoms with Crippen molar-refractivity contribution >= 4 is 17.2 Å². The highest BCUT2D eigenvalue weighted by molar-refractivity contribution is 7.09. The van der Waals surface area contributed by atoms with Gasteiger partial charge in [0.05, 0.1) is 12.2 Å². The Morgan fingerprint density at radius 3 is 2.62 bits per heavy atom. The van der Waals surface area contributed by atoms with E-state index in [1.807, 2.05) is 59.7 Å². The van der Waals surface area contributed by atoms with E-state index in [4.69, 9.17) is 14.5 Å². The van der Waals surface area contributed by atoms with Crippen molar-refractivity contribution in [3.8, 4) is 5.75 Å². The van der Waals surface area contributed by atoms with Gasteiger partial charge in [0.25, 0.3) is 5.91 Å². The molecular formula is C26H32N2O3S. The molecule has 3 rings (SSSR count). The van der Waals surface area contributed by atoms with Crippen LogP contribution in [0.25, 0.3) is 0 Å². The van der Waals surface area contributed by atoms with E-state index in [0.717, 1.165) is 34.0 Å². The number of carbonyl (C=O) groups is 1. The van der Waals surface area contributed by atoms with Crippen molar-refractivity contribution in [3.63, 3.8) is 0 Å². The van der Waals surface area contributed by atoms with Gasteiger partial charge in [-0.05, 0) is 42.5 Å². The second-order valence-corrected chi connectivity index (χ2v) is 9.04. The summed E-state index contributed by atoms with van der Waals surface area (Å²) in [4.78, 5) is 19.8. The first-order valence-electron chi connectivity index (χ1n) is 11.0. The average molecular weight is 453 g/mol. The molecule has 6 heteroatoms. The van der Waals surface area contributed by atoms with Gasteiger partial charge in [-0.25, -0.2) is 4.98 Å². The summed E-state index contributed by atoms with van der Waals surface area (Å²) in [5.41, 5.74) is 3.78. The molecule has 0 spiro atoms. The minimum Gasteiger partial charge on any atom is -0.486 e. The Kier molecular flexibility index (Phi) is 8.82. The van der Waals surface area contributed by atoms with Crippen LogP contribution < -0.4 is 4.74 Å². The quantitative estimate of drug-likeness (QED) is 0.343. The predicted molar refractivity (Wildman–Crippen MR) is 129 cm³/mol. The van der Waals surface area contributed by atoms with Gasteiger partial charge < -0.3 is 14.4 Å². The van der Waals surface area contributed by atoms with Gasteiger partial charge in [-0.3, -0.25) is 4.79 Å². The van der Waals surface area contributed by atoms with Gasteiger partial charge in [-0.1, -0.05) is 50.2 Å². The number of para-hydroxylation sites is 1. The monoisotopic (exact) mass is 452 g/mol. The molecule has 3 aromatic rings. The summed E-state index contributed by atoms with van der Waals surface area (Å²) < 4.78 is 11.3. The summed E-state index contributed by atoms with van der Waals surface area (Å²) in [5.74, 6) is 1.32. The molecule has 0 aliphatic carbocycles. The van der Waals surface area contributed by atoms with Crippen molar-refractivity contribution in [2.24, 2.45) is 0 Å². The van der Waals surface area contributed by atoms with Gasteiger partial charge in [-0.15, -0.1) is 11.3 Å². The summed E-state index contributed by atoms with van der Waals surface area (Å²) in [6.07, 6.45) is 0.778. The molecule has 0 aliphatic rings. The molecule has 0 saturated carbocycles. The van der Waals surface area contributed by atoms with E-state index >= 15 is 0 Å². The van der Waals surface area contributed by atoms with E-state index in [-0.39, 0.29) is 5.91 Å². The number of rotatable bonds is 11. The molecule has 0 unspecified atom stereocenters. The van der Waals surface area contributed by atoms with Crippen LogP contribution in [0.5, 0.6) is 5.75 Å². The van der Waals surface area contributed by atoms with Crippen LogP contribution in [0, 0.1) is 6.92 Å². The highest BCUT2D eigenvalue weighted by atomic mass is 32.1. The lowest BCUT2D eigenvalue weighted by Gasteiger charge is -2.22. The van der Waals surface area contributed by atoms with Crippen molar-refractivity contribution in [2.45, 2.75) is 46.3 Å². The Labute approximate surface area is 195 Å². The Morgan fingerprint density at radius 1 is 1.12 bits per heavy atom. The Balaban J connectivity index is 1.68. The van der Waals surface area contributed by atoms with E-state index in [9.17, 15) is 4.79 Å². The van der Waals surface area contributed by atoms with E-state index in [0.29, 0.717) is 32.2 Å². The zero-order valence-corrected chi connectivity index (χ0v) is 20.2. The van der Waals surface area contributed by atoms with E-state index in [1.165, 1.54) is 5.56 Å². The molecule has 2 aromatic carbocycles. The minimum absolute atomic E-state index is 0.0239. The molecule has 0 fully saturated rings. The molecule has 0 N–H and O–H groups in total. The molecular weight excluding hydrogens is 420 g/mol. The van der Waals surface area contributed by atoms with Crippen LogP contribution in [0.15, 0.2) is 53.9 Å². The van der Waals surface area contributed by atoms with Crippen molar-refractivity contribution in [3.05, 3.63) is 81.3 Å². The van der Waals surface area contributed by atoms with Crippen LogP contribution >= 0.6 is 11.3 Å². The van der Waals surface area contributed by atoms with Crippen molar-refractivity contribution in [2.75, 3.05) is 20.3 Å². The maximum Gasteiger partial charge on any atom is 0.254 e. The van der Waals surface area contributed by atoms with Crippen molar-refractivity contribution < 1.29 is 14.3 Å². The number of methoxy groups -OCH3 is 1. The lowest BCUT2D eigenvalue weighted by atomic mass is 10.0. The van der Waals surface area contributed by atoms with Gasteiger partial charge in [-0.2, -0.15) is 0 Å². The van der Waals surface area contributed by atoms with Crippen LogP contribution in [0.4, 0.5) is 0 Å². The third-order valence-electron chi connectivity index (χ3n) is 5.28. The number of amides is 1. The maximum atomic E-state index is 13.2. The molecule has 32 heavy (non-hydrogen) atoms. The summed E-state index contributed by atoms with van der Waals surface area (Å²) in [7, 11) is 1.68. The standard InChI is InChI=1S/C26H32N2O3S/c1-19(2)22-11-7-8-13-24(22)31-17-25-27-21(18-32-25)16-28(14-9-15-30-4)26(29)23-12-6-5-10-20(23)3/h5-8,10-13,18-19H,9,14-17H2,1-4H3. The van der Waals surface area contributed by atoms with E-state index in [1.54, 1.807) is 18.4 Å². The summed E-state index contributed by atoms with van der Waals surface area (Å²) in [6.45, 7) is 8.41. The van der Waals surface area contributed by atoms with Crippen LogP contribution in [0.3, 0.4) is 0 Å². The second-order valence-electron chi connectivity index (χ2n) is 8.10.